The number of hydrazone groups is 1. The molecule has 192 valence electrons. The normalized spacial score (nSPS) is 10.5. The van der Waals surface area contributed by atoms with Crippen LogP contribution >= 0.6 is 0 Å². The standard InChI is InChI=1S/C28H29N3O6/c1-3-4-17-36-24-15-7-21(8-16-24)27(33)29-19-26(32)31-30-18-20-5-11-25(12-6-20)37-28(34)22-9-13-23(35-2)14-10-22/h5-16,18H,3-4,17,19H2,1-2H3,(H,29,33)(H,31,32)/b30-18-. The van der Waals surface area contributed by atoms with Crippen molar-refractivity contribution in [3.63, 3.8) is 0 Å². The van der Waals surface area contributed by atoms with E-state index in [9.17, 15) is 14.4 Å². The SMILES string of the molecule is CCCCOc1ccc(C(=O)NCC(=O)N/N=C\c2ccc(OC(=O)c3ccc(OC)cc3)cc2)cc1. The van der Waals surface area contributed by atoms with Gasteiger partial charge in [-0.05, 0) is 84.8 Å². The van der Waals surface area contributed by atoms with E-state index in [2.05, 4.69) is 22.8 Å². The lowest BCUT2D eigenvalue weighted by Crippen LogP contribution is -2.34. The highest BCUT2D eigenvalue weighted by Gasteiger charge is 2.09. The fourth-order valence-corrected chi connectivity index (χ4v) is 3.03. The molecule has 0 spiro atoms. The van der Waals surface area contributed by atoms with E-state index in [-0.39, 0.29) is 12.5 Å². The first kappa shape index (κ1) is 26.9. The molecular formula is C28H29N3O6. The van der Waals surface area contributed by atoms with Crippen LogP contribution in [0.3, 0.4) is 0 Å². The molecule has 0 unspecified atom stereocenters. The van der Waals surface area contributed by atoms with Crippen LogP contribution in [0, 0.1) is 0 Å². The number of hydrogen-bond donors (Lipinski definition) is 2. The molecule has 0 aromatic heterocycles. The van der Waals surface area contributed by atoms with Crippen LogP contribution in [0.4, 0.5) is 0 Å². The Morgan fingerprint density at radius 1 is 0.838 bits per heavy atom. The highest BCUT2D eigenvalue weighted by molar-refractivity contribution is 5.96. The maximum absolute atomic E-state index is 12.2. The van der Waals surface area contributed by atoms with Gasteiger partial charge in [-0.15, -0.1) is 0 Å². The summed E-state index contributed by atoms with van der Waals surface area (Å²) in [6, 6.07) is 19.9. The first-order valence-electron chi connectivity index (χ1n) is 11.8. The number of benzene rings is 3. The van der Waals surface area contributed by atoms with Crippen LogP contribution in [0.1, 0.15) is 46.0 Å². The van der Waals surface area contributed by atoms with E-state index in [4.69, 9.17) is 14.2 Å². The summed E-state index contributed by atoms with van der Waals surface area (Å²) in [4.78, 5) is 36.5. The molecule has 2 amide bonds. The van der Waals surface area contributed by atoms with Crippen molar-refractivity contribution in [2.24, 2.45) is 5.10 Å². The third kappa shape index (κ3) is 8.81. The first-order valence-corrected chi connectivity index (χ1v) is 11.8. The molecular weight excluding hydrogens is 474 g/mol. The molecule has 0 aliphatic heterocycles. The van der Waals surface area contributed by atoms with Gasteiger partial charge in [-0.2, -0.15) is 5.10 Å². The molecule has 0 atom stereocenters. The van der Waals surface area contributed by atoms with Gasteiger partial charge in [0.25, 0.3) is 11.8 Å². The van der Waals surface area contributed by atoms with E-state index in [0.717, 1.165) is 12.8 Å². The van der Waals surface area contributed by atoms with E-state index in [1.54, 1.807) is 79.9 Å². The minimum absolute atomic E-state index is 0.231. The molecule has 3 rings (SSSR count). The van der Waals surface area contributed by atoms with Crippen molar-refractivity contribution in [2.75, 3.05) is 20.3 Å². The summed E-state index contributed by atoms with van der Waals surface area (Å²) in [6.45, 7) is 2.48. The molecule has 0 saturated carbocycles. The van der Waals surface area contributed by atoms with E-state index in [1.807, 2.05) is 0 Å². The van der Waals surface area contributed by atoms with Gasteiger partial charge in [0.05, 0.1) is 32.0 Å². The Hall–Kier alpha value is -4.66. The predicted molar refractivity (Wildman–Crippen MR) is 139 cm³/mol. The zero-order chi connectivity index (χ0) is 26.5. The number of esters is 1. The van der Waals surface area contributed by atoms with Gasteiger partial charge in [0.15, 0.2) is 0 Å². The van der Waals surface area contributed by atoms with Crippen molar-refractivity contribution in [3.05, 3.63) is 89.5 Å². The summed E-state index contributed by atoms with van der Waals surface area (Å²) < 4.78 is 16.0. The van der Waals surface area contributed by atoms with Gasteiger partial charge >= 0.3 is 5.97 Å². The van der Waals surface area contributed by atoms with Gasteiger partial charge in [0.2, 0.25) is 0 Å². The lowest BCUT2D eigenvalue weighted by molar-refractivity contribution is -0.120. The summed E-state index contributed by atoms with van der Waals surface area (Å²) in [5, 5.41) is 6.43. The van der Waals surface area contributed by atoms with E-state index < -0.39 is 11.9 Å². The minimum atomic E-state index is -0.491. The highest BCUT2D eigenvalue weighted by atomic mass is 16.5. The number of nitrogens with zero attached hydrogens (tertiary/aromatic N) is 1. The minimum Gasteiger partial charge on any atom is -0.497 e. The molecule has 9 nitrogen and oxygen atoms in total. The summed E-state index contributed by atoms with van der Waals surface area (Å²) >= 11 is 0. The fourth-order valence-electron chi connectivity index (χ4n) is 3.03. The van der Waals surface area contributed by atoms with Gasteiger partial charge in [0, 0.05) is 5.56 Å². The Bertz CT molecular complexity index is 1210. The lowest BCUT2D eigenvalue weighted by Gasteiger charge is -2.07. The molecule has 0 aliphatic carbocycles. The number of methoxy groups -OCH3 is 1. The molecule has 0 saturated heterocycles. The number of ether oxygens (including phenoxy) is 3. The van der Waals surface area contributed by atoms with Crippen LogP contribution in [-0.4, -0.2) is 44.3 Å². The van der Waals surface area contributed by atoms with E-state index >= 15 is 0 Å². The molecule has 0 radical (unpaired) electrons. The maximum atomic E-state index is 12.2. The van der Waals surface area contributed by atoms with E-state index in [1.165, 1.54) is 6.21 Å². The Morgan fingerprint density at radius 2 is 1.46 bits per heavy atom. The van der Waals surface area contributed by atoms with Gasteiger partial charge in [0.1, 0.15) is 17.2 Å². The van der Waals surface area contributed by atoms with Crippen molar-refractivity contribution in [1.29, 1.82) is 0 Å². The van der Waals surface area contributed by atoms with Gasteiger partial charge in [-0.3, -0.25) is 9.59 Å². The maximum Gasteiger partial charge on any atom is 0.343 e. The van der Waals surface area contributed by atoms with Crippen LogP contribution < -0.4 is 25.0 Å². The van der Waals surface area contributed by atoms with Gasteiger partial charge in [-0.1, -0.05) is 13.3 Å². The third-order valence-corrected chi connectivity index (χ3v) is 5.11. The molecule has 3 aromatic carbocycles. The number of nitrogens with one attached hydrogen (secondary N) is 2. The van der Waals surface area contributed by atoms with Crippen molar-refractivity contribution in [3.8, 4) is 17.2 Å². The molecule has 0 heterocycles. The summed E-state index contributed by atoms with van der Waals surface area (Å²) in [5.41, 5.74) is 3.85. The second kappa shape index (κ2) is 14.0. The molecule has 9 heteroatoms. The number of rotatable bonds is 12. The fraction of sp³-hybridized carbons (Fsp3) is 0.214. The van der Waals surface area contributed by atoms with Crippen LogP contribution in [0.2, 0.25) is 0 Å². The Balaban J connectivity index is 1.40. The Morgan fingerprint density at radius 3 is 2.11 bits per heavy atom. The van der Waals surface area contributed by atoms with Crippen LogP contribution in [0.15, 0.2) is 77.9 Å². The molecule has 0 bridgehead atoms. The van der Waals surface area contributed by atoms with Gasteiger partial charge in [-0.25, -0.2) is 10.2 Å². The Labute approximate surface area is 215 Å². The number of amides is 2. The highest BCUT2D eigenvalue weighted by Crippen LogP contribution is 2.16. The zero-order valence-corrected chi connectivity index (χ0v) is 20.7. The Kier molecular flexibility index (Phi) is 10.2. The molecule has 0 aliphatic rings. The second-order valence-electron chi connectivity index (χ2n) is 7.89. The smallest absolute Gasteiger partial charge is 0.343 e. The number of carbonyl (C=O) groups is 3. The van der Waals surface area contributed by atoms with E-state index in [0.29, 0.717) is 40.5 Å². The van der Waals surface area contributed by atoms with Crippen molar-refractivity contribution in [2.45, 2.75) is 19.8 Å². The summed E-state index contributed by atoms with van der Waals surface area (Å²) in [7, 11) is 1.55. The molecule has 2 N–H and O–H groups in total. The van der Waals surface area contributed by atoms with Crippen LogP contribution in [0.5, 0.6) is 17.2 Å². The third-order valence-electron chi connectivity index (χ3n) is 5.11. The van der Waals surface area contributed by atoms with Gasteiger partial charge < -0.3 is 19.5 Å². The summed E-state index contributed by atoms with van der Waals surface area (Å²) in [6.07, 6.45) is 3.44. The predicted octanol–water partition coefficient (Wildman–Crippen LogP) is 3.97. The zero-order valence-electron chi connectivity index (χ0n) is 20.7. The number of hydrogen-bond acceptors (Lipinski definition) is 7. The van der Waals surface area contributed by atoms with Crippen LogP contribution in [-0.2, 0) is 4.79 Å². The molecule has 0 fully saturated rings. The summed E-state index contributed by atoms with van der Waals surface area (Å²) in [5.74, 6) is 0.363. The monoisotopic (exact) mass is 503 g/mol. The van der Waals surface area contributed by atoms with Crippen molar-refractivity contribution in [1.82, 2.24) is 10.7 Å². The average Bonchev–Trinajstić information content (AvgIpc) is 2.93. The first-order chi connectivity index (χ1) is 18.0. The quantitative estimate of drug-likeness (QED) is 0.127. The van der Waals surface area contributed by atoms with Crippen molar-refractivity contribution >= 4 is 24.0 Å². The second-order valence-corrected chi connectivity index (χ2v) is 7.89. The largest absolute Gasteiger partial charge is 0.497 e. The number of carbonyl (C=O) groups excluding carboxylic acids is 3. The number of unbranched alkanes of at least 4 members (excludes halogenated alkanes) is 1. The molecule has 37 heavy (non-hydrogen) atoms. The molecule has 3 aromatic rings. The topological polar surface area (TPSA) is 115 Å². The average molecular weight is 504 g/mol. The van der Waals surface area contributed by atoms with Crippen LogP contribution in [0.25, 0.3) is 0 Å². The van der Waals surface area contributed by atoms with Crippen molar-refractivity contribution < 1.29 is 28.6 Å². The lowest BCUT2D eigenvalue weighted by atomic mass is 10.2.